The van der Waals surface area contributed by atoms with Gasteiger partial charge in [-0.1, -0.05) is 37.3 Å². The van der Waals surface area contributed by atoms with Crippen LogP contribution in [0.25, 0.3) is 0 Å². The highest BCUT2D eigenvalue weighted by atomic mass is 35.5. The second kappa shape index (κ2) is 12.8. The molecule has 2 nitrogen and oxygen atoms in total. The van der Waals surface area contributed by atoms with E-state index in [0.29, 0.717) is 5.02 Å². The van der Waals surface area contributed by atoms with Crippen LogP contribution in [-0.4, -0.2) is 40.4 Å². The molecule has 1 fully saturated rings. The van der Waals surface area contributed by atoms with E-state index in [1.165, 1.54) is 69.0 Å². The van der Waals surface area contributed by atoms with Gasteiger partial charge in [0.15, 0.2) is 0 Å². The number of unbranched alkanes of at least 4 members (excludes halogenated alkanes) is 5. The zero-order valence-electron chi connectivity index (χ0n) is 13.0. The third-order valence-electron chi connectivity index (χ3n) is 3.64. The van der Waals surface area contributed by atoms with Crippen molar-refractivity contribution in [3.63, 3.8) is 0 Å². The first-order valence-electron chi connectivity index (χ1n) is 7.89. The highest BCUT2D eigenvalue weighted by Gasteiger charge is 2.10. The minimum atomic E-state index is 0. The van der Waals surface area contributed by atoms with Crippen molar-refractivity contribution in [2.45, 2.75) is 43.6 Å². The van der Waals surface area contributed by atoms with E-state index < -0.39 is 0 Å². The molecule has 0 spiro atoms. The summed E-state index contributed by atoms with van der Waals surface area (Å²) in [4.78, 5) is 6.88. The topological polar surface area (TPSA) is 16.1 Å². The SMILES string of the molecule is Cl.Clc1ccc(SCCCCCCCCN2CCSC2)nc1. The summed E-state index contributed by atoms with van der Waals surface area (Å²) in [7, 11) is 0. The third-order valence-corrected chi connectivity index (χ3v) is 5.92. The number of hydrogen-bond acceptors (Lipinski definition) is 4. The molecule has 1 aromatic heterocycles. The standard InChI is InChI=1S/C16H25ClN2S2.ClH/c17-15-7-8-16(18-13-15)21-11-6-4-2-1-3-5-9-19-10-12-20-14-19;/h7-8,13H,1-6,9-12,14H2;1H. The number of hydrogen-bond donors (Lipinski definition) is 0. The maximum absolute atomic E-state index is 5.82. The summed E-state index contributed by atoms with van der Waals surface area (Å²) in [5.74, 6) is 3.76. The molecule has 126 valence electrons. The van der Waals surface area contributed by atoms with E-state index in [9.17, 15) is 0 Å². The number of aromatic nitrogens is 1. The molecule has 1 aromatic rings. The van der Waals surface area contributed by atoms with Crippen LogP contribution in [0.5, 0.6) is 0 Å². The molecule has 0 atom stereocenters. The van der Waals surface area contributed by atoms with Crippen molar-refractivity contribution >= 4 is 47.5 Å². The van der Waals surface area contributed by atoms with Gasteiger partial charge in [-0.2, -0.15) is 0 Å². The lowest BCUT2D eigenvalue weighted by atomic mass is 10.1. The van der Waals surface area contributed by atoms with Crippen molar-refractivity contribution < 1.29 is 0 Å². The van der Waals surface area contributed by atoms with Crippen LogP contribution in [0.1, 0.15) is 38.5 Å². The Balaban J connectivity index is 0.00000242. The van der Waals surface area contributed by atoms with E-state index in [-0.39, 0.29) is 12.4 Å². The molecule has 0 aliphatic carbocycles. The molecule has 0 radical (unpaired) electrons. The number of pyridine rings is 1. The number of rotatable bonds is 10. The summed E-state index contributed by atoms with van der Waals surface area (Å²) in [5, 5.41) is 1.80. The number of halogens is 2. The van der Waals surface area contributed by atoms with Gasteiger partial charge in [0.05, 0.1) is 10.0 Å². The molecule has 0 unspecified atom stereocenters. The average molecular weight is 381 g/mol. The Morgan fingerprint density at radius 2 is 1.91 bits per heavy atom. The van der Waals surface area contributed by atoms with Gasteiger partial charge >= 0.3 is 0 Å². The van der Waals surface area contributed by atoms with E-state index >= 15 is 0 Å². The van der Waals surface area contributed by atoms with Gasteiger partial charge in [-0.15, -0.1) is 35.9 Å². The Morgan fingerprint density at radius 1 is 1.14 bits per heavy atom. The second-order valence-corrected chi connectivity index (χ2v) is 8.07. The Hall–Kier alpha value is 0.390. The van der Waals surface area contributed by atoms with Gasteiger partial charge in [-0.25, -0.2) is 4.98 Å². The van der Waals surface area contributed by atoms with Crippen LogP contribution in [0.4, 0.5) is 0 Å². The summed E-state index contributed by atoms with van der Waals surface area (Å²) in [5.41, 5.74) is 0. The number of nitrogens with zero attached hydrogens (tertiary/aromatic N) is 2. The molecule has 0 N–H and O–H groups in total. The molecule has 6 heteroatoms. The Labute approximate surface area is 154 Å². The lowest BCUT2D eigenvalue weighted by molar-refractivity contribution is 0.343. The molecule has 2 rings (SSSR count). The van der Waals surface area contributed by atoms with Crippen LogP contribution in [0.2, 0.25) is 5.02 Å². The molecule has 2 heterocycles. The fraction of sp³-hybridized carbons (Fsp3) is 0.688. The number of thioether (sulfide) groups is 2. The highest BCUT2D eigenvalue weighted by molar-refractivity contribution is 7.99. The normalized spacial score (nSPS) is 15.0. The quantitative estimate of drug-likeness (QED) is 0.387. The highest BCUT2D eigenvalue weighted by Crippen LogP contribution is 2.19. The summed E-state index contributed by atoms with van der Waals surface area (Å²) >= 11 is 9.73. The zero-order chi connectivity index (χ0) is 14.8. The van der Waals surface area contributed by atoms with Crippen LogP contribution in [0.15, 0.2) is 23.4 Å². The van der Waals surface area contributed by atoms with Crippen LogP contribution in [0, 0.1) is 0 Å². The van der Waals surface area contributed by atoms with Crippen molar-refractivity contribution in [2.24, 2.45) is 0 Å². The zero-order valence-corrected chi connectivity index (χ0v) is 16.2. The molecule has 1 aliphatic rings. The first-order valence-corrected chi connectivity index (χ1v) is 10.4. The van der Waals surface area contributed by atoms with Gasteiger partial charge in [-0.05, 0) is 37.3 Å². The third kappa shape index (κ3) is 8.88. The summed E-state index contributed by atoms with van der Waals surface area (Å²) in [6.07, 6.45) is 9.91. The van der Waals surface area contributed by atoms with Crippen molar-refractivity contribution in [1.29, 1.82) is 0 Å². The van der Waals surface area contributed by atoms with Crippen molar-refractivity contribution in [1.82, 2.24) is 9.88 Å². The maximum atomic E-state index is 5.82. The van der Waals surface area contributed by atoms with Gasteiger partial charge in [-0.3, -0.25) is 4.90 Å². The maximum Gasteiger partial charge on any atom is 0.0960 e. The monoisotopic (exact) mass is 380 g/mol. The average Bonchev–Trinajstić information content (AvgIpc) is 3.01. The fourth-order valence-electron chi connectivity index (χ4n) is 2.40. The van der Waals surface area contributed by atoms with Crippen molar-refractivity contribution in [2.75, 3.05) is 30.5 Å². The van der Waals surface area contributed by atoms with E-state index in [0.717, 1.165) is 5.03 Å². The first kappa shape index (κ1) is 20.4. The molecule has 0 bridgehead atoms. The van der Waals surface area contributed by atoms with E-state index in [1.54, 1.807) is 6.20 Å². The van der Waals surface area contributed by atoms with E-state index in [1.807, 2.05) is 23.9 Å². The van der Waals surface area contributed by atoms with Gasteiger partial charge in [0.25, 0.3) is 0 Å². The van der Waals surface area contributed by atoms with Crippen LogP contribution >= 0.6 is 47.5 Å². The van der Waals surface area contributed by atoms with Gasteiger partial charge in [0, 0.05) is 24.4 Å². The molecule has 1 aliphatic heterocycles. The summed E-state index contributed by atoms with van der Waals surface area (Å²) in [6.45, 7) is 2.62. The minimum absolute atomic E-state index is 0. The van der Waals surface area contributed by atoms with Crippen molar-refractivity contribution in [3.8, 4) is 0 Å². The molecule has 22 heavy (non-hydrogen) atoms. The molecule has 0 aromatic carbocycles. The molecule has 0 amide bonds. The first-order chi connectivity index (χ1) is 10.3. The van der Waals surface area contributed by atoms with E-state index in [2.05, 4.69) is 21.6 Å². The Kier molecular flexibility index (Phi) is 11.9. The predicted octanol–water partition coefficient (Wildman–Crippen LogP) is 5.60. The van der Waals surface area contributed by atoms with E-state index in [4.69, 9.17) is 11.6 Å². The van der Waals surface area contributed by atoms with Gasteiger partial charge in [0.2, 0.25) is 0 Å². The molecule has 1 saturated heterocycles. The molecule has 0 saturated carbocycles. The summed E-state index contributed by atoms with van der Waals surface area (Å²) < 4.78 is 0. The summed E-state index contributed by atoms with van der Waals surface area (Å²) in [6, 6.07) is 3.92. The van der Waals surface area contributed by atoms with Crippen LogP contribution in [-0.2, 0) is 0 Å². The molecular formula is C16H26Cl2N2S2. The largest absolute Gasteiger partial charge is 0.293 e. The second-order valence-electron chi connectivity index (χ2n) is 5.44. The van der Waals surface area contributed by atoms with Crippen LogP contribution < -0.4 is 0 Å². The van der Waals surface area contributed by atoms with Gasteiger partial charge in [0.1, 0.15) is 0 Å². The smallest absolute Gasteiger partial charge is 0.0960 e. The lowest BCUT2D eigenvalue weighted by Crippen LogP contribution is -2.20. The van der Waals surface area contributed by atoms with Crippen molar-refractivity contribution in [3.05, 3.63) is 23.4 Å². The Bertz CT molecular complexity index is 384. The minimum Gasteiger partial charge on any atom is -0.293 e. The van der Waals surface area contributed by atoms with Crippen LogP contribution in [0.3, 0.4) is 0 Å². The fourth-order valence-corrected chi connectivity index (χ4v) is 4.39. The lowest BCUT2D eigenvalue weighted by Gasteiger charge is -2.12. The molecular weight excluding hydrogens is 355 g/mol. The Morgan fingerprint density at radius 3 is 2.59 bits per heavy atom. The predicted molar refractivity (Wildman–Crippen MR) is 104 cm³/mol. The van der Waals surface area contributed by atoms with Gasteiger partial charge < -0.3 is 0 Å².